The van der Waals surface area contributed by atoms with E-state index in [4.69, 9.17) is 33.3 Å². The highest BCUT2D eigenvalue weighted by molar-refractivity contribution is 7.80. The van der Waals surface area contributed by atoms with E-state index in [2.05, 4.69) is 57.1 Å². The van der Waals surface area contributed by atoms with Gasteiger partial charge in [0, 0.05) is 140 Å². The van der Waals surface area contributed by atoms with E-state index in [-0.39, 0.29) is 37.5 Å². The quantitative estimate of drug-likeness (QED) is 0.0161. The Bertz CT molecular complexity index is 4920. The van der Waals surface area contributed by atoms with Crippen molar-refractivity contribution < 1.29 is 29.7 Å². The summed E-state index contributed by atoms with van der Waals surface area (Å²) >= 11 is 10.4. The Kier molecular flexibility index (Phi) is 22.4. The van der Waals surface area contributed by atoms with Gasteiger partial charge in [0.1, 0.15) is 43.8 Å². The van der Waals surface area contributed by atoms with Gasteiger partial charge in [-0.2, -0.15) is 15.3 Å². The van der Waals surface area contributed by atoms with Crippen molar-refractivity contribution >= 4 is 120 Å². The van der Waals surface area contributed by atoms with E-state index in [1.807, 2.05) is 175 Å². The number of hydrazine groups is 1. The molecule has 3 aliphatic heterocycles. The van der Waals surface area contributed by atoms with E-state index >= 15 is 0 Å². The predicted molar refractivity (Wildman–Crippen MR) is 398 cm³/mol. The number of aliphatic hydroxyl groups is 3. The molecule has 0 spiro atoms. The molecule has 11 N–H and O–H groups in total. The maximum Gasteiger partial charge on any atom is 0.253 e. The minimum Gasteiger partial charge on any atom is -0.399 e. The lowest BCUT2D eigenvalue weighted by molar-refractivity contribution is -0.119. The molecule has 0 radical (unpaired) electrons. The molecule has 0 saturated carbocycles. The number of anilines is 6. The number of nitrogens with one attached hydrogen (secondary N) is 4. The molecule has 0 bridgehead atoms. The molecule has 3 aromatic carbocycles. The third kappa shape index (κ3) is 16.0. The van der Waals surface area contributed by atoms with Crippen molar-refractivity contribution in [2.45, 2.75) is 94.8 Å². The minimum atomic E-state index is -0.218. The summed E-state index contributed by atoms with van der Waals surface area (Å²) in [5.41, 5.74) is 22.8. The Morgan fingerprint density at radius 2 is 0.851 bits per heavy atom. The van der Waals surface area contributed by atoms with E-state index in [9.17, 15) is 29.7 Å². The molecule has 11 heterocycles. The minimum absolute atomic E-state index is 0.0786. The van der Waals surface area contributed by atoms with Crippen molar-refractivity contribution in [2.75, 3.05) is 31.7 Å². The van der Waals surface area contributed by atoms with Crippen molar-refractivity contribution in [3.05, 3.63) is 239 Å². The number of carbonyl (C=O) groups excluding carboxylic acids is 3. The van der Waals surface area contributed by atoms with Gasteiger partial charge in [-0.15, -0.1) is 54.4 Å². The summed E-state index contributed by atoms with van der Waals surface area (Å²) in [6, 6.07) is 34.2. The van der Waals surface area contributed by atoms with Crippen LogP contribution >= 0.6 is 46.2 Å². The van der Waals surface area contributed by atoms with Gasteiger partial charge in [0.2, 0.25) is 17.7 Å². The molecule has 3 amide bonds. The molecular formula is C70H71N21O6S4. The van der Waals surface area contributed by atoms with Crippen LogP contribution in [-0.4, -0.2) is 105 Å². The first kappa shape index (κ1) is 71.1. The average molecular weight is 1430 g/mol. The maximum atomic E-state index is 11.5. The normalized spacial score (nSPS) is 12.6. The first-order valence-corrected chi connectivity index (χ1v) is 34.3. The van der Waals surface area contributed by atoms with Crippen molar-refractivity contribution in [1.29, 1.82) is 0 Å². The van der Waals surface area contributed by atoms with Crippen LogP contribution in [0.3, 0.4) is 0 Å². The SMILES string of the molecule is CC(=O)NN.CC(=O)Nc1ccc(C2=NN(Cc3cccnc3)C(=S)Nc3sc(C)c(CO)c32)cc1.CC(=O)Nc1ccc(C2=NN(Cc3cccnc3)c3nnc(C)n3-c3sc(C)c(CO)c32)cc1.Cc1sc2c(c1CO)C(c1ccc(N)cc1)=NN(Cc1cccnc1)c1nnc(C)n1-2. The molecule has 8 aromatic heterocycles. The Labute approximate surface area is 598 Å². The molecule has 516 valence electrons. The molecule has 0 fully saturated rings. The lowest BCUT2D eigenvalue weighted by atomic mass is 9.99. The third-order valence-electron chi connectivity index (χ3n) is 15.9. The molecule has 0 aliphatic carbocycles. The van der Waals surface area contributed by atoms with Gasteiger partial charge in [-0.25, -0.2) is 20.9 Å². The number of carbonyl (C=O) groups is 3. The number of hydrazone groups is 3. The molecule has 101 heavy (non-hydrogen) atoms. The number of nitrogens with zero attached hydrogens (tertiary/aromatic N) is 15. The number of amides is 3. The zero-order chi connectivity index (χ0) is 71.6. The number of rotatable bonds is 14. The van der Waals surface area contributed by atoms with Gasteiger partial charge in [-0.05, 0) is 118 Å². The molecule has 3 aliphatic rings. The van der Waals surface area contributed by atoms with Crippen LogP contribution in [0, 0.1) is 34.6 Å². The van der Waals surface area contributed by atoms with Crippen LogP contribution in [0.25, 0.3) is 10.0 Å². The Balaban J connectivity index is 0.000000147. The summed E-state index contributed by atoms with van der Waals surface area (Å²) in [7, 11) is 0. The fraction of sp³-hybridized carbons (Fsp3) is 0.200. The predicted octanol–water partition coefficient (Wildman–Crippen LogP) is 9.62. The second-order valence-corrected chi connectivity index (χ2v) is 27.1. The lowest BCUT2D eigenvalue weighted by Gasteiger charge is -2.19. The average Bonchev–Trinajstić information content (AvgIpc) is 1.58. The number of thiophene rings is 3. The van der Waals surface area contributed by atoms with Crippen molar-refractivity contribution in [3.63, 3.8) is 0 Å². The molecule has 0 unspecified atom stereocenters. The van der Waals surface area contributed by atoms with Gasteiger partial charge in [-0.1, -0.05) is 54.6 Å². The molecule has 31 heteroatoms. The van der Waals surface area contributed by atoms with Crippen LogP contribution in [0.4, 0.5) is 34.0 Å². The van der Waals surface area contributed by atoms with Gasteiger partial charge >= 0.3 is 0 Å². The fourth-order valence-corrected chi connectivity index (χ4v) is 14.9. The van der Waals surface area contributed by atoms with Gasteiger partial charge in [0.25, 0.3) is 11.9 Å². The zero-order valence-corrected chi connectivity index (χ0v) is 59.4. The number of hydrogen-bond acceptors (Lipinski definition) is 24. The Hall–Kier alpha value is -11.2. The number of fused-ring (bicyclic) bond motifs is 7. The molecule has 0 atom stereocenters. The van der Waals surface area contributed by atoms with Crippen molar-refractivity contribution in [3.8, 4) is 10.0 Å². The molecule has 27 nitrogen and oxygen atoms in total. The second-order valence-electron chi connectivity index (χ2n) is 23.1. The van der Waals surface area contributed by atoms with Gasteiger partial charge in [0.05, 0.1) is 39.5 Å². The summed E-state index contributed by atoms with van der Waals surface area (Å²) in [5, 5.41) is 80.5. The van der Waals surface area contributed by atoms with Gasteiger partial charge in [-0.3, -0.25) is 43.9 Å². The van der Waals surface area contributed by atoms with E-state index < -0.39 is 0 Å². The zero-order valence-electron chi connectivity index (χ0n) is 56.2. The highest BCUT2D eigenvalue weighted by Crippen LogP contribution is 2.42. The number of nitrogens with two attached hydrogens (primary N) is 2. The van der Waals surface area contributed by atoms with E-state index in [1.165, 1.54) is 20.8 Å². The van der Waals surface area contributed by atoms with Crippen LogP contribution in [0.2, 0.25) is 0 Å². The number of aromatic nitrogens is 9. The first-order chi connectivity index (χ1) is 48.7. The van der Waals surface area contributed by atoms with Gasteiger partial charge in [0.15, 0.2) is 5.11 Å². The topological polar surface area (TPSA) is 359 Å². The maximum absolute atomic E-state index is 11.5. The summed E-state index contributed by atoms with van der Waals surface area (Å²) in [5.74, 6) is 6.80. The molecule has 14 rings (SSSR count). The number of aliphatic hydroxyl groups excluding tert-OH is 3. The Morgan fingerprint density at radius 1 is 0.495 bits per heavy atom. The lowest BCUT2D eigenvalue weighted by Crippen LogP contribution is -2.29. The number of pyridine rings is 3. The first-order valence-electron chi connectivity index (χ1n) is 31.5. The third-order valence-corrected chi connectivity index (χ3v) is 19.5. The summed E-state index contributed by atoms with van der Waals surface area (Å²) in [6.07, 6.45) is 10.6. The number of benzene rings is 3. The van der Waals surface area contributed by atoms with Crippen LogP contribution in [0.5, 0.6) is 0 Å². The second kappa shape index (κ2) is 31.8. The van der Waals surface area contributed by atoms with Gasteiger partial charge < -0.3 is 37.0 Å². The number of nitrogen functional groups attached to an aromatic ring is 1. The fourth-order valence-electron chi connectivity index (χ4n) is 11.1. The summed E-state index contributed by atoms with van der Waals surface area (Å²) < 4.78 is 4.00. The highest BCUT2D eigenvalue weighted by atomic mass is 32.1. The van der Waals surface area contributed by atoms with Crippen LogP contribution in [-0.2, 0) is 53.8 Å². The molecule has 0 saturated heterocycles. The van der Waals surface area contributed by atoms with E-state index in [0.29, 0.717) is 65.1 Å². The van der Waals surface area contributed by atoms with Crippen LogP contribution < -0.4 is 43.0 Å². The van der Waals surface area contributed by atoms with E-state index in [1.54, 1.807) is 70.0 Å². The Morgan fingerprint density at radius 3 is 1.22 bits per heavy atom. The molecule has 11 aromatic rings. The highest BCUT2D eigenvalue weighted by Gasteiger charge is 2.34. The standard InChI is InChI=1S/C24H23N7O2S.C22H21N7OS.C22H21N5O2S2.C2H6N2O/c1-14-20(13-32)21-22(18-6-8-19(9-7-18)26-16(3)33)29-30(12-17-5-4-10-25-11-17)24-28-27-15(2)31(24)23(21)34-14;1-13-18(12-30)19-20(16-5-7-17(23)8-6-16)27-28(11-15-4-3-9-24-10-15)22-26-25-14(2)29(22)21(19)31-13;1-13-18(12-28)19-20(16-5-7-17(8-6-16)24-14(2)29)26-27(22(30)25-21(19)31-13)11-15-4-3-9-23-10-15;1-2(5)4-3/h4-11,32H,12-13H2,1-3H3,(H,26,33);3-10,30H,11-12,23H2,1-2H3;3-10,28H,11-12H2,1-2H3,(H,24,29)(H,25,30);3H2,1H3,(H,4,5). The van der Waals surface area contributed by atoms with Crippen molar-refractivity contribution in [2.24, 2.45) is 21.1 Å². The van der Waals surface area contributed by atoms with E-state index in [0.717, 1.165) is 114 Å². The summed E-state index contributed by atoms with van der Waals surface area (Å²) in [4.78, 5) is 48.1. The van der Waals surface area contributed by atoms with Crippen molar-refractivity contribution in [1.82, 2.24) is 54.9 Å². The smallest absolute Gasteiger partial charge is 0.253 e. The number of hydrogen-bond donors (Lipinski definition) is 9. The monoisotopic (exact) mass is 1430 g/mol. The van der Waals surface area contributed by atoms with Crippen LogP contribution in [0.1, 0.15) is 114 Å². The summed E-state index contributed by atoms with van der Waals surface area (Å²) in [6.45, 7) is 15.2. The van der Waals surface area contributed by atoms with Crippen LogP contribution in [0.15, 0.2) is 162 Å². The number of aryl methyl sites for hydroxylation is 5. The largest absolute Gasteiger partial charge is 0.399 e. The molecular weight excluding hydrogens is 1360 g/mol. The number of thiocarbonyl (C=S) groups is 1.